The fourth-order valence-electron chi connectivity index (χ4n) is 3.29. The quantitative estimate of drug-likeness (QED) is 0.560. The fourth-order valence-corrected chi connectivity index (χ4v) is 3.29. The van der Waals surface area contributed by atoms with Crippen molar-refractivity contribution in [2.75, 3.05) is 11.9 Å². The Balaban J connectivity index is 1.75. The summed E-state index contributed by atoms with van der Waals surface area (Å²) in [5.74, 6) is 0.836. The number of imidazole rings is 1. The summed E-state index contributed by atoms with van der Waals surface area (Å²) >= 11 is 0. The van der Waals surface area contributed by atoms with Gasteiger partial charge in [-0.15, -0.1) is 0 Å². The maximum atomic E-state index is 4.62. The second-order valence-electron chi connectivity index (χ2n) is 6.62. The van der Waals surface area contributed by atoms with Gasteiger partial charge in [0.1, 0.15) is 12.7 Å². The van der Waals surface area contributed by atoms with Crippen molar-refractivity contribution >= 4 is 17.0 Å². The van der Waals surface area contributed by atoms with Gasteiger partial charge in [-0.05, 0) is 31.0 Å². The van der Waals surface area contributed by atoms with Gasteiger partial charge in [0, 0.05) is 13.6 Å². The van der Waals surface area contributed by atoms with E-state index in [9.17, 15) is 0 Å². The number of hydrogen-bond donors (Lipinski definition) is 0. The minimum absolute atomic E-state index is 0.767. The van der Waals surface area contributed by atoms with Crippen LogP contribution in [-0.2, 0) is 6.54 Å². The Bertz CT molecular complexity index is 1050. The van der Waals surface area contributed by atoms with Crippen LogP contribution in [0.3, 0.4) is 0 Å². The molecule has 0 atom stereocenters. The van der Waals surface area contributed by atoms with Crippen molar-refractivity contribution in [3.63, 3.8) is 0 Å². The molecule has 5 nitrogen and oxygen atoms in total. The number of anilines is 1. The summed E-state index contributed by atoms with van der Waals surface area (Å²) in [7, 11) is 2.03. The molecule has 0 aliphatic rings. The Labute approximate surface area is 153 Å². The second-order valence-corrected chi connectivity index (χ2v) is 6.62. The molecule has 130 valence electrons. The van der Waals surface area contributed by atoms with Crippen LogP contribution in [-0.4, -0.2) is 26.6 Å². The molecule has 5 heteroatoms. The van der Waals surface area contributed by atoms with Crippen LogP contribution in [0.2, 0.25) is 0 Å². The third-order valence-electron chi connectivity index (χ3n) is 4.55. The summed E-state index contributed by atoms with van der Waals surface area (Å²) in [6.45, 7) is 4.97. The smallest absolute Gasteiger partial charge is 0.170 e. The Hall–Kier alpha value is -3.21. The van der Waals surface area contributed by atoms with Crippen LogP contribution in [0.4, 0.5) is 5.82 Å². The van der Waals surface area contributed by atoms with E-state index >= 15 is 0 Å². The lowest BCUT2D eigenvalue weighted by atomic mass is 10.1. The minimum atomic E-state index is 0.767. The van der Waals surface area contributed by atoms with Crippen LogP contribution in [0.5, 0.6) is 0 Å². The maximum Gasteiger partial charge on any atom is 0.170 e. The van der Waals surface area contributed by atoms with Crippen molar-refractivity contribution in [2.24, 2.45) is 0 Å². The van der Waals surface area contributed by atoms with Crippen LogP contribution in [0.25, 0.3) is 16.9 Å². The highest BCUT2D eigenvalue weighted by molar-refractivity contribution is 5.84. The average molecular weight is 343 g/mol. The molecule has 0 saturated heterocycles. The molecule has 0 amide bonds. The van der Waals surface area contributed by atoms with E-state index in [1.807, 2.05) is 36.1 Å². The third-order valence-corrected chi connectivity index (χ3v) is 4.55. The van der Waals surface area contributed by atoms with Crippen LogP contribution >= 0.6 is 0 Å². The van der Waals surface area contributed by atoms with E-state index in [0.717, 1.165) is 29.2 Å². The Morgan fingerprint density at radius 1 is 0.962 bits per heavy atom. The third kappa shape index (κ3) is 2.92. The molecule has 0 unspecified atom stereocenters. The summed E-state index contributed by atoms with van der Waals surface area (Å²) in [5, 5.41) is 0. The largest absolute Gasteiger partial charge is 0.353 e. The summed E-state index contributed by atoms with van der Waals surface area (Å²) in [5.41, 5.74) is 6.40. The van der Waals surface area contributed by atoms with Crippen molar-refractivity contribution in [1.29, 1.82) is 0 Å². The average Bonchev–Trinajstić information content (AvgIpc) is 3.06. The van der Waals surface area contributed by atoms with Gasteiger partial charge in [-0.25, -0.2) is 15.0 Å². The van der Waals surface area contributed by atoms with Crippen molar-refractivity contribution in [3.8, 4) is 5.69 Å². The van der Waals surface area contributed by atoms with Gasteiger partial charge >= 0.3 is 0 Å². The maximum absolute atomic E-state index is 4.62. The molecule has 4 rings (SSSR count). The molecule has 0 N–H and O–H groups in total. The highest BCUT2D eigenvalue weighted by Gasteiger charge is 2.15. The predicted octanol–water partition coefficient (Wildman–Crippen LogP) is 4.07. The van der Waals surface area contributed by atoms with Crippen LogP contribution < -0.4 is 4.90 Å². The Kier molecular flexibility index (Phi) is 4.13. The van der Waals surface area contributed by atoms with Gasteiger partial charge in [0.05, 0.1) is 5.69 Å². The van der Waals surface area contributed by atoms with E-state index < -0.39 is 0 Å². The van der Waals surface area contributed by atoms with Gasteiger partial charge in [0.2, 0.25) is 0 Å². The van der Waals surface area contributed by atoms with E-state index in [0.29, 0.717) is 0 Å². The zero-order valence-electron chi connectivity index (χ0n) is 15.2. The highest BCUT2D eigenvalue weighted by Crippen LogP contribution is 2.25. The van der Waals surface area contributed by atoms with Crippen LogP contribution in [0.15, 0.2) is 61.2 Å². The van der Waals surface area contributed by atoms with Gasteiger partial charge in [0.25, 0.3) is 0 Å². The van der Waals surface area contributed by atoms with Gasteiger partial charge in [-0.1, -0.05) is 48.0 Å². The van der Waals surface area contributed by atoms with Gasteiger partial charge in [0.15, 0.2) is 17.0 Å². The molecule has 2 aromatic heterocycles. The van der Waals surface area contributed by atoms with Crippen molar-refractivity contribution in [3.05, 3.63) is 77.9 Å². The fraction of sp³-hybridized carbons (Fsp3) is 0.190. The van der Waals surface area contributed by atoms with E-state index in [1.165, 1.54) is 16.7 Å². The first kappa shape index (κ1) is 16.3. The molecule has 2 heterocycles. The van der Waals surface area contributed by atoms with Crippen molar-refractivity contribution < 1.29 is 0 Å². The Morgan fingerprint density at radius 2 is 1.77 bits per heavy atom. The van der Waals surface area contributed by atoms with Crippen molar-refractivity contribution in [1.82, 2.24) is 19.5 Å². The van der Waals surface area contributed by atoms with E-state index in [-0.39, 0.29) is 0 Å². The van der Waals surface area contributed by atoms with Crippen molar-refractivity contribution in [2.45, 2.75) is 20.4 Å². The number of rotatable bonds is 4. The number of aromatic nitrogens is 4. The topological polar surface area (TPSA) is 46.8 Å². The molecule has 0 aliphatic carbocycles. The predicted molar refractivity (Wildman–Crippen MR) is 105 cm³/mol. The number of hydrogen-bond acceptors (Lipinski definition) is 4. The molecular formula is C21H21N5. The lowest BCUT2D eigenvalue weighted by molar-refractivity contribution is 0.897. The monoisotopic (exact) mass is 343 g/mol. The molecule has 2 aromatic carbocycles. The molecular weight excluding hydrogens is 322 g/mol. The number of fused-ring (bicyclic) bond motifs is 1. The number of benzene rings is 2. The van der Waals surface area contributed by atoms with E-state index in [1.54, 1.807) is 6.33 Å². The van der Waals surface area contributed by atoms with Gasteiger partial charge in [-0.3, -0.25) is 4.57 Å². The Morgan fingerprint density at radius 3 is 2.54 bits per heavy atom. The lowest BCUT2D eigenvalue weighted by Gasteiger charge is -2.18. The zero-order valence-corrected chi connectivity index (χ0v) is 15.2. The number of nitrogens with zero attached hydrogens (tertiary/aromatic N) is 5. The highest BCUT2D eigenvalue weighted by atomic mass is 15.2. The summed E-state index contributed by atoms with van der Waals surface area (Å²) in [6, 6.07) is 16.7. The minimum Gasteiger partial charge on any atom is -0.353 e. The molecule has 0 bridgehead atoms. The van der Waals surface area contributed by atoms with E-state index in [2.05, 4.69) is 64.0 Å². The molecule has 26 heavy (non-hydrogen) atoms. The standard InChI is InChI=1S/C21H21N5/c1-15-9-10-18(16(2)11-15)26-14-24-19-20(22-13-23-21(19)26)25(3)12-17-7-5-4-6-8-17/h4-11,13-14H,12H2,1-3H3. The van der Waals surface area contributed by atoms with Gasteiger partial charge < -0.3 is 4.90 Å². The first-order valence-electron chi connectivity index (χ1n) is 8.64. The second kappa shape index (κ2) is 6.59. The lowest BCUT2D eigenvalue weighted by Crippen LogP contribution is -2.18. The number of aryl methyl sites for hydroxylation is 2. The molecule has 0 saturated carbocycles. The normalized spacial score (nSPS) is 11.0. The molecule has 0 spiro atoms. The summed E-state index contributed by atoms with van der Waals surface area (Å²) in [4.78, 5) is 15.7. The summed E-state index contributed by atoms with van der Waals surface area (Å²) in [6.07, 6.45) is 3.44. The first-order valence-corrected chi connectivity index (χ1v) is 8.64. The molecule has 4 aromatic rings. The van der Waals surface area contributed by atoms with Crippen LogP contribution in [0.1, 0.15) is 16.7 Å². The van der Waals surface area contributed by atoms with Gasteiger partial charge in [-0.2, -0.15) is 0 Å². The molecule has 0 aliphatic heterocycles. The zero-order chi connectivity index (χ0) is 18.1. The summed E-state index contributed by atoms with van der Waals surface area (Å²) < 4.78 is 2.03. The molecule has 0 fully saturated rings. The SMILES string of the molecule is Cc1ccc(-n2cnc3c(N(C)Cc4ccccc4)ncnc32)c(C)c1. The van der Waals surface area contributed by atoms with E-state index in [4.69, 9.17) is 0 Å². The molecule has 0 radical (unpaired) electrons. The van der Waals surface area contributed by atoms with Crippen LogP contribution in [0, 0.1) is 13.8 Å². The first-order chi connectivity index (χ1) is 12.6.